The number of unbranched alkanes of at least 4 members (excludes halogenated alkanes) is 1. The van der Waals surface area contributed by atoms with Crippen molar-refractivity contribution in [2.75, 3.05) is 6.61 Å². The molecule has 0 aliphatic carbocycles. The lowest BCUT2D eigenvalue weighted by molar-refractivity contribution is -0.185. The Labute approximate surface area is 70.8 Å². The van der Waals surface area contributed by atoms with Crippen molar-refractivity contribution in [2.24, 2.45) is 0 Å². The van der Waals surface area contributed by atoms with Gasteiger partial charge in [0.15, 0.2) is 0 Å². The van der Waals surface area contributed by atoms with Gasteiger partial charge < -0.3 is 9.47 Å². The SMILES string of the molecule is CCCCC1COC(=O)C(=O)O1. The molecule has 0 spiro atoms. The molecule has 68 valence electrons. The van der Waals surface area contributed by atoms with Crippen molar-refractivity contribution in [3.8, 4) is 0 Å². The van der Waals surface area contributed by atoms with E-state index in [4.69, 9.17) is 4.74 Å². The van der Waals surface area contributed by atoms with Gasteiger partial charge in [-0.2, -0.15) is 0 Å². The molecule has 1 heterocycles. The number of carbonyl (C=O) groups is 2. The van der Waals surface area contributed by atoms with E-state index in [9.17, 15) is 9.59 Å². The van der Waals surface area contributed by atoms with Crippen molar-refractivity contribution in [3.05, 3.63) is 0 Å². The highest BCUT2D eigenvalue weighted by atomic mass is 16.6. The molecule has 0 aromatic rings. The Bertz CT molecular complexity index is 187. The largest absolute Gasteiger partial charge is 0.453 e. The van der Waals surface area contributed by atoms with Crippen LogP contribution < -0.4 is 0 Å². The van der Waals surface area contributed by atoms with Crippen molar-refractivity contribution >= 4 is 11.9 Å². The molecular weight excluding hydrogens is 160 g/mol. The fraction of sp³-hybridized carbons (Fsp3) is 0.750. The fourth-order valence-electron chi connectivity index (χ4n) is 1.04. The third kappa shape index (κ3) is 2.22. The molecule has 1 aliphatic heterocycles. The number of hydrogen-bond donors (Lipinski definition) is 0. The molecule has 1 unspecified atom stereocenters. The minimum absolute atomic E-state index is 0.213. The molecule has 1 atom stereocenters. The summed E-state index contributed by atoms with van der Waals surface area (Å²) in [5.41, 5.74) is 0. The molecule has 0 N–H and O–H groups in total. The average molecular weight is 172 g/mol. The van der Waals surface area contributed by atoms with Gasteiger partial charge in [-0.1, -0.05) is 13.3 Å². The van der Waals surface area contributed by atoms with Crippen LogP contribution in [-0.4, -0.2) is 24.6 Å². The van der Waals surface area contributed by atoms with Crippen LogP contribution in [0.5, 0.6) is 0 Å². The number of esters is 2. The molecular formula is C8H12O4. The van der Waals surface area contributed by atoms with Crippen LogP contribution in [0.15, 0.2) is 0 Å². The molecule has 1 fully saturated rings. The van der Waals surface area contributed by atoms with Crippen molar-refractivity contribution in [2.45, 2.75) is 32.3 Å². The zero-order chi connectivity index (χ0) is 8.97. The lowest BCUT2D eigenvalue weighted by atomic mass is 10.1. The van der Waals surface area contributed by atoms with E-state index in [1.54, 1.807) is 0 Å². The molecule has 0 saturated carbocycles. The van der Waals surface area contributed by atoms with Crippen molar-refractivity contribution in [1.82, 2.24) is 0 Å². The van der Waals surface area contributed by atoms with Gasteiger partial charge in [-0.25, -0.2) is 9.59 Å². The highest BCUT2D eigenvalue weighted by Crippen LogP contribution is 2.10. The summed E-state index contributed by atoms with van der Waals surface area (Å²) in [6.45, 7) is 2.27. The standard InChI is InChI=1S/C8H12O4/c1-2-3-4-6-5-11-7(9)8(10)12-6/h6H,2-5H2,1H3. The number of ether oxygens (including phenoxy) is 2. The average Bonchev–Trinajstić information content (AvgIpc) is 2.07. The van der Waals surface area contributed by atoms with E-state index in [1.807, 2.05) is 0 Å². The summed E-state index contributed by atoms with van der Waals surface area (Å²) in [5.74, 6) is -1.73. The fourth-order valence-corrected chi connectivity index (χ4v) is 1.04. The van der Waals surface area contributed by atoms with E-state index >= 15 is 0 Å². The predicted octanol–water partition coefficient (Wildman–Crippen LogP) is 0.645. The maximum atomic E-state index is 10.7. The Balaban J connectivity index is 2.30. The number of carbonyl (C=O) groups excluding carboxylic acids is 2. The number of cyclic esters (lactones) is 2. The maximum absolute atomic E-state index is 10.7. The predicted molar refractivity (Wildman–Crippen MR) is 40.4 cm³/mol. The summed E-state index contributed by atoms with van der Waals surface area (Å²) in [7, 11) is 0. The molecule has 1 rings (SSSR count). The highest BCUT2D eigenvalue weighted by molar-refractivity contribution is 6.30. The second-order valence-electron chi connectivity index (χ2n) is 2.77. The van der Waals surface area contributed by atoms with Crippen molar-refractivity contribution in [3.63, 3.8) is 0 Å². The van der Waals surface area contributed by atoms with Crippen LogP contribution in [0, 0.1) is 0 Å². The number of hydrogen-bond acceptors (Lipinski definition) is 4. The Hall–Kier alpha value is -1.06. The van der Waals surface area contributed by atoms with Crippen LogP contribution in [-0.2, 0) is 19.1 Å². The molecule has 0 aromatic carbocycles. The van der Waals surface area contributed by atoms with Gasteiger partial charge in [0.25, 0.3) is 0 Å². The van der Waals surface area contributed by atoms with E-state index in [-0.39, 0.29) is 12.7 Å². The third-order valence-electron chi connectivity index (χ3n) is 1.72. The summed E-state index contributed by atoms with van der Waals surface area (Å²) in [6, 6.07) is 0. The van der Waals surface area contributed by atoms with Gasteiger partial charge in [0.1, 0.15) is 12.7 Å². The Kier molecular flexibility index (Phi) is 3.08. The van der Waals surface area contributed by atoms with Gasteiger partial charge in [-0.05, 0) is 12.8 Å². The summed E-state index contributed by atoms with van der Waals surface area (Å²) < 4.78 is 9.37. The molecule has 1 aliphatic rings. The van der Waals surface area contributed by atoms with E-state index in [0.717, 1.165) is 19.3 Å². The normalized spacial score (nSPS) is 23.2. The monoisotopic (exact) mass is 172 g/mol. The first-order valence-corrected chi connectivity index (χ1v) is 4.11. The molecule has 4 nitrogen and oxygen atoms in total. The molecule has 12 heavy (non-hydrogen) atoms. The first kappa shape index (κ1) is 9.03. The number of rotatable bonds is 3. The smallest absolute Gasteiger partial charge is 0.417 e. The lowest BCUT2D eigenvalue weighted by Gasteiger charge is -2.21. The third-order valence-corrected chi connectivity index (χ3v) is 1.72. The van der Waals surface area contributed by atoms with Gasteiger partial charge in [0.2, 0.25) is 0 Å². The van der Waals surface area contributed by atoms with Gasteiger partial charge in [0.05, 0.1) is 0 Å². The van der Waals surface area contributed by atoms with Crippen LogP contribution in [0.25, 0.3) is 0 Å². The Morgan fingerprint density at radius 1 is 1.42 bits per heavy atom. The minimum Gasteiger partial charge on any atom is -0.453 e. The highest BCUT2D eigenvalue weighted by Gasteiger charge is 2.28. The van der Waals surface area contributed by atoms with Crippen LogP contribution >= 0.6 is 0 Å². The van der Waals surface area contributed by atoms with E-state index in [2.05, 4.69) is 11.7 Å². The first-order valence-electron chi connectivity index (χ1n) is 4.11. The molecule has 1 saturated heterocycles. The van der Waals surface area contributed by atoms with Crippen LogP contribution in [0.1, 0.15) is 26.2 Å². The first-order chi connectivity index (χ1) is 5.74. The van der Waals surface area contributed by atoms with E-state index in [0.29, 0.717) is 0 Å². The molecule has 4 heteroatoms. The zero-order valence-corrected chi connectivity index (χ0v) is 7.04. The van der Waals surface area contributed by atoms with Crippen molar-refractivity contribution < 1.29 is 19.1 Å². The summed E-state index contributed by atoms with van der Waals surface area (Å²) in [4.78, 5) is 21.2. The Morgan fingerprint density at radius 2 is 2.17 bits per heavy atom. The summed E-state index contributed by atoms with van der Waals surface area (Å²) in [6.07, 6.45) is 2.57. The van der Waals surface area contributed by atoms with Crippen LogP contribution in [0.2, 0.25) is 0 Å². The molecule has 0 radical (unpaired) electrons. The maximum Gasteiger partial charge on any atom is 0.417 e. The second kappa shape index (κ2) is 4.09. The Morgan fingerprint density at radius 3 is 2.75 bits per heavy atom. The lowest BCUT2D eigenvalue weighted by Crippen LogP contribution is -2.36. The topological polar surface area (TPSA) is 52.6 Å². The van der Waals surface area contributed by atoms with E-state index < -0.39 is 11.9 Å². The van der Waals surface area contributed by atoms with Crippen LogP contribution in [0.4, 0.5) is 0 Å². The van der Waals surface area contributed by atoms with Crippen LogP contribution in [0.3, 0.4) is 0 Å². The summed E-state index contributed by atoms with van der Waals surface area (Å²) >= 11 is 0. The van der Waals surface area contributed by atoms with Gasteiger partial charge in [-0.3, -0.25) is 0 Å². The van der Waals surface area contributed by atoms with Gasteiger partial charge >= 0.3 is 11.9 Å². The second-order valence-corrected chi connectivity index (χ2v) is 2.77. The summed E-state index contributed by atoms with van der Waals surface area (Å²) in [5, 5.41) is 0. The van der Waals surface area contributed by atoms with Crippen molar-refractivity contribution in [1.29, 1.82) is 0 Å². The minimum atomic E-state index is -0.872. The van der Waals surface area contributed by atoms with Gasteiger partial charge in [0, 0.05) is 0 Å². The molecule has 0 amide bonds. The van der Waals surface area contributed by atoms with E-state index in [1.165, 1.54) is 0 Å². The zero-order valence-electron chi connectivity index (χ0n) is 7.04. The molecule has 0 aromatic heterocycles. The quantitative estimate of drug-likeness (QED) is 0.463. The molecule has 0 bridgehead atoms. The van der Waals surface area contributed by atoms with Gasteiger partial charge in [-0.15, -0.1) is 0 Å².